The molecule has 2 aromatic heterocycles. The van der Waals surface area contributed by atoms with Gasteiger partial charge in [-0.2, -0.15) is 5.10 Å². The van der Waals surface area contributed by atoms with Crippen LogP contribution in [-0.4, -0.2) is 25.7 Å². The number of anilines is 1. The van der Waals surface area contributed by atoms with Crippen LogP contribution in [0.5, 0.6) is 0 Å². The molecule has 0 unspecified atom stereocenters. The summed E-state index contributed by atoms with van der Waals surface area (Å²) in [6.45, 7) is 3.73. The minimum Gasteiger partial charge on any atom is -0.290 e. The Balaban J connectivity index is 2.25. The van der Waals surface area contributed by atoms with Crippen molar-refractivity contribution in [1.82, 2.24) is 19.7 Å². The van der Waals surface area contributed by atoms with Crippen LogP contribution in [0.4, 0.5) is 5.95 Å². The quantitative estimate of drug-likeness (QED) is 0.872. The predicted molar refractivity (Wildman–Crippen MR) is 72.3 cm³/mol. The Hall–Kier alpha value is -1.95. The maximum absolute atomic E-state index is 12.1. The normalized spacial score (nSPS) is 10.5. The van der Waals surface area contributed by atoms with E-state index in [1.165, 1.54) is 0 Å². The van der Waals surface area contributed by atoms with E-state index >= 15 is 0 Å². The van der Waals surface area contributed by atoms with E-state index < -0.39 is 0 Å². The van der Waals surface area contributed by atoms with Gasteiger partial charge in [-0.3, -0.25) is 14.8 Å². The van der Waals surface area contributed by atoms with Crippen molar-refractivity contribution < 1.29 is 4.79 Å². The van der Waals surface area contributed by atoms with E-state index in [-0.39, 0.29) is 11.9 Å². The molecular weight excluding hydrogens is 266 g/mol. The molecule has 0 aliphatic rings. The lowest BCUT2D eigenvalue weighted by atomic mass is 10.2. The molecule has 2 aromatic rings. The number of rotatable bonds is 3. The molecule has 7 heteroatoms. The van der Waals surface area contributed by atoms with Gasteiger partial charge in [0.2, 0.25) is 5.95 Å². The molecule has 0 aromatic carbocycles. The highest BCUT2D eigenvalue weighted by Gasteiger charge is 2.15. The first kappa shape index (κ1) is 13.5. The highest BCUT2D eigenvalue weighted by molar-refractivity contribution is 6.29. The fourth-order valence-corrected chi connectivity index (χ4v) is 1.98. The first-order chi connectivity index (χ1) is 8.99. The van der Waals surface area contributed by atoms with Crippen LogP contribution >= 0.6 is 11.6 Å². The molecule has 0 aliphatic carbocycles. The summed E-state index contributed by atoms with van der Waals surface area (Å²) in [6, 6.07) is 1.62. The number of carbonyl (C=O) groups is 1. The number of carbonyl (C=O) groups excluding carboxylic acids is 1. The third kappa shape index (κ3) is 3.08. The lowest BCUT2D eigenvalue weighted by molar-refractivity contribution is 0.102. The van der Waals surface area contributed by atoms with Crippen LogP contribution in [0.3, 0.4) is 0 Å². The number of aromatic nitrogens is 4. The fourth-order valence-electron chi connectivity index (χ4n) is 1.74. The molecule has 0 bridgehead atoms. The molecule has 2 rings (SSSR count). The number of hydrogen-bond donors (Lipinski definition) is 1. The van der Waals surface area contributed by atoms with Crippen molar-refractivity contribution in [2.75, 3.05) is 5.32 Å². The second-order valence-electron chi connectivity index (χ2n) is 4.13. The number of nitrogens with one attached hydrogen (secondary N) is 1. The molecule has 0 radical (unpaired) electrons. The van der Waals surface area contributed by atoms with Gasteiger partial charge in [0.15, 0.2) is 0 Å². The molecule has 0 atom stereocenters. The van der Waals surface area contributed by atoms with Crippen LogP contribution in [0.2, 0.25) is 5.15 Å². The van der Waals surface area contributed by atoms with Gasteiger partial charge >= 0.3 is 0 Å². The van der Waals surface area contributed by atoms with Gasteiger partial charge in [-0.25, -0.2) is 9.97 Å². The van der Waals surface area contributed by atoms with Crippen LogP contribution in [0.1, 0.15) is 28.7 Å². The summed E-state index contributed by atoms with van der Waals surface area (Å²) in [6.07, 6.45) is 2.35. The molecule has 19 heavy (non-hydrogen) atoms. The maximum atomic E-state index is 12.1. The highest BCUT2D eigenvalue weighted by atomic mass is 35.5. The molecule has 1 N–H and O–H groups in total. The lowest BCUT2D eigenvalue weighted by Crippen LogP contribution is -2.15. The van der Waals surface area contributed by atoms with Crippen molar-refractivity contribution in [3.05, 3.63) is 34.4 Å². The minimum absolute atomic E-state index is 0.195. The van der Waals surface area contributed by atoms with E-state index in [1.807, 2.05) is 6.92 Å². The third-order valence-electron chi connectivity index (χ3n) is 2.53. The molecule has 100 valence electrons. The van der Waals surface area contributed by atoms with Gasteiger partial charge in [-0.05, 0) is 19.4 Å². The zero-order valence-electron chi connectivity index (χ0n) is 10.9. The molecule has 1 amide bonds. The lowest BCUT2D eigenvalue weighted by Gasteiger charge is -2.04. The van der Waals surface area contributed by atoms with E-state index in [0.717, 1.165) is 5.69 Å². The van der Waals surface area contributed by atoms with Crippen LogP contribution in [0.15, 0.2) is 12.3 Å². The van der Waals surface area contributed by atoms with E-state index in [1.54, 1.807) is 30.9 Å². The smallest absolute Gasteiger partial charge is 0.261 e. The average molecular weight is 280 g/mol. The van der Waals surface area contributed by atoms with Crippen LogP contribution in [0, 0.1) is 6.92 Å². The summed E-state index contributed by atoms with van der Waals surface area (Å²) in [4.78, 5) is 20.2. The predicted octanol–water partition coefficient (Wildman–Crippen LogP) is 1.99. The molecule has 2 heterocycles. The van der Waals surface area contributed by atoms with Crippen LogP contribution in [0.25, 0.3) is 0 Å². The van der Waals surface area contributed by atoms with Crippen LogP contribution in [-0.2, 0) is 13.5 Å². The highest BCUT2D eigenvalue weighted by Crippen LogP contribution is 2.12. The number of aryl methyl sites for hydroxylation is 3. The van der Waals surface area contributed by atoms with Crippen molar-refractivity contribution in [3.63, 3.8) is 0 Å². The second-order valence-corrected chi connectivity index (χ2v) is 4.51. The summed E-state index contributed by atoms with van der Waals surface area (Å²) < 4.78 is 1.61. The van der Waals surface area contributed by atoms with Gasteiger partial charge in [-0.15, -0.1) is 0 Å². The van der Waals surface area contributed by atoms with Crippen molar-refractivity contribution in [1.29, 1.82) is 0 Å². The second kappa shape index (κ2) is 5.36. The summed E-state index contributed by atoms with van der Waals surface area (Å²) >= 11 is 5.82. The summed E-state index contributed by atoms with van der Waals surface area (Å²) in [5, 5.41) is 7.14. The Bertz CT molecular complexity index is 602. The SMILES string of the molecule is CCc1nn(C)cc1C(=O)Nc1nc(C)cc(Cl)n1. The Labute approximate surface area is 115 Å². The van der Waals surface area contributed by atoms with Crippen molar-refractivity contribution >= 4 is 23.5 Å². The first-order valence-corrected chi connectivity index (χ1v) is 6.22. The largest absolute Gasteiger partial charge is 0.290 e. The number of hydrogen-bond acceptors (Lipinski definition) is 4. The number of amides is 1. The topological polar surface area (TPSA) is 72.7 Å². The molecule has 0 saturated heterocycles. The van der Waals surface area contributed by atoms with Gasteiger partial charge in [0, 0.05) is 18.9 Å². The maximum Gasteiger partial charge on any atom is 0.261 e. The zero-order chi connectivity index (χ0) is 14.0. The fraction of sp³-hybridized carbons (Fsp3) is 0.333. The average Bonchev–Trinajstić information content (AvgIpc) is 2.69. The molecular formula is C12H14ClN5O. The molecule has 6 nitrogen and oxygen atoms in total. The monoisotopic (exact) mass is 279 g/mol. The van der Waals surface area contributed by atoms with E-state index in [0.29, 0.717) is 22.8 Å². The minimum atomic E-state index is -0.286. The van der Waals surface area contributed by atoms with Crippen molar-refractivity contribution in [3.8, 4) is 0 Å². The van der Waals surface area contributed by atoms with Crippen molar-refractivity contribution in [2.24, 2.45) is 7.05 Å². The summed E-state index contributed by atoms with van der Waals surface area (Å²) in [7, 11) is 1.77. The van der Waals surface area contributed by atoms with E-state index in [9.17, 15) is 4.79 Å². The van der Waals surface area contributed by atoms with Gasteiger partial charge < -0.3 is 0 Å². The van der Waals surface area contributed by atoms with Gasteiger partial charge in [0.25, 0.3) is 5.91 Å². The molecule has 0 saturated carbocycles. The Kier molecular flexibility index (Phi) is 3.80. The van der Waals surface area contributed by atoms with Crippen molar-refractivity contribution in [2.45, 2.75) is 20.3 Å². The molecule has 0 spiro atoms. The third-order valence-corrected chi connectivity index (χ3v) is 2.73. The van der Waals surface area contributed by atoms with E-state index in [2.05, 4.69) is 20.4 Å². The van der Waals surface area contributed by atoms with Crippen LogP contribution < -0.4 is 5.32 Å². The molecule has 0 aliphatic heterocycles. The van der Waals surface area contributed by atoms with Gasteiger partial charge in [0.1, 0.15) is 5.15 Å². The van der Waals surface area contributed by atoms with Gasteiger partial charge in [0.05, 0.1) is 11.3 Å². The number of halogens is 1. The standard InChI is InChI=1S/C12H14ClN5O/c1-4-9-8(6-18(3)17-9)11(19)16-12-14-7(2)5-10(13)15-12/h5-6H,4H2,1-3H3,(H,14,15,16,19). The van der Waals surface area contributed by atoms with E-state index in [4.69, 9.17) is 11.6 Å². The Morgan fingerprint density at radius 3 is 2.84 bits per heavy atom. The number of nitrogens with zero attached hydrogens (tertiary/aromatic N) is 4. The Morgan fingerprint density at radius 1 is 1.47 bits per heavy atom. The summed E-state index contributed by atoms with van der Waals surface area (Å²) in [5.74, 6) is -0.0903. The zero-order valence-corrected chi connectivity index (χ0v) is 11.7. The Morgan fingerprint density at radius 2 is 2.21 bits per heavy atom. The summed E-state index contributed by atoms with van der Waals surface area (Å²) in [5.41, 5.74) is 1.95. The van der Waals surface area contributed by atoms with Gasteiger partial charge in [-0.1, -0.05) is 18.5 Å². The first-order valence-electron chi connectivity index (χ1n) is 5.84. The molecule has 0 fully saturated rings.